The van der Waals surface area contributed by atoms with Crippen LogP contribution in [-0.2, 0) is 19.5 Å². The smallest absolute Gasteiger partial charge is 0.0676 e. The van der Waals surface area contributed by atoms with Crippen LogP contribution in [0, 0.1) is 0 Å². The molecule has 2 aromatic heterocycles. The number of aromatic nitrogens is 2. The Morgan fingerprint density at radius 2 is 1.88 bits per heavy atom. The number of nitrogens with zero attached hydrogens (tertiary/aromatic N) is 2. The van der Waals surface area contributed by atoms with E-state index in [0.717, 1.165) is 37.3 Å². The lowest BCUT2D eigenvalue weighted by atomic mass is 10.1. The number of hydrogen-bond donors (Lipinski definition) is 3. The molecule has 3 N–H and O–H groups in total. The monoisotopic (exact) mass is 328 g/mol. The molecule has 1 unspecified atom stereocenters. The summed E-state index contributed by atoms with van der Waals surface area (Å²) in [6.07, 6.45) is 6.31. The van der Waals surface area contributed by atoms with Crippen molar-refractivity contribution in [3.05, 3.63) is 59.7 Å². The molecule has 0 aliphatic rings. The zero-order valence-corrected chi connectivity index (χ0v) is 14.4. The second-order valence-electron chi connectivity index (χ2n) is 5.98. The second kappa shape index (κ2) is 10.9. The highest BCUT2D eigenvalue weighted by molar-refractivity contribution is 5.14. The van der Waals surface area contributed by atoms with E-state index in [4.69, 9.17) is 0 Å². The Morgan fingerprint density at radius 3 is 2.58 bits per heavy atom. The van der Waals surface area contributed by atoms with Crippen LogP contribution in [0.25, 0.3) is 0 Å². The molecule has 1 atom stereocenters. The van der Waals surface area contributed by atoms with Gasteiger partial charge in [-0.05, 0) is 43.1 Å². The van der Waals surface area contributed by atoms with Gasteiger partial charge in [0.15, 0.2) is 0 Å². The van der Waals surface area contributed by atoms with Crippen molar-refractivity contribution in [2.75, 3.05) is 13.1 Å². The van der Waals surface area contributed by atoms with Crippen molar-refractivity contribution in [3.8, 4) is 0 Å². The molecule has 5 heteroatoms. The van der Waals surface area contributed by atoms with Crippen molar-refractivity contribution < 1.29 is 5.11 Å². The fraction of sp³-hybridized carbons (Fsp3) is 0.474. The van der Waals surface area contributed by atoms with Crippen molar-refractivity contribution in [1.82, 2.24) is 20.6 Å². The Balaban J connectivity index is 1.54. The first-order chi connectivity index (χ1) is 11.8. The third-order valence-corrected chi connectivity index (χ3v) is 3.80. The lowest BCUT2D eigenvalue weighted by Gasteiger charge is -2.12. The Labute approximate surface area is 144 Å². The number of aryl methyl sites for hydroxylation is 1. The van der Waals surface area contributed by atoms with Crippen molar-refractivity contribution in [2.45, 2.75) is 45.4 Å². The topological polar surface area (TPSA) is 70.1 Å². The molecule has 0 amide bonds. The second-order valence-corrected chi connectivity index (χ2v) is 5.98. The summed E-state index contributed by atoms with van der Waals surface area (Å²) in [6, 6.07) is 10.1. The third kappa shape index (κ3) is 7.17. The first-order valence-corrected chi connectivity index (χ1v) is 8.71. The summed E-state index contributed by atoms with van der Waals surface area (Å²) in [6.45, 7) is 4.93. The lowest BCUT2D eigenvalue weighted by molar-refractivity contribution is 0.160. The first kappa shape index (κ1) is 18.5. The summed E-state index contributed by atoms with van der Waals surface area (Å²) in [4.78, 5) is 8.69. The van der Waals surface area contributed by atoms with Crippen molar-refractivity contribution in [2.24, 2.45) is 0 Å². The van der Waals surface area contributed by atoms with Gasteiger partial charge in [0, 0.05) is 32.0 Å². The van der Waals surface area contributed by atoms with E-state index in [0.29, 0.717) is 19.5 Å². The van der Waals surface area contributed by atoms with Crippen molar-refractivity contribution >= 4 is 0 Å². The van der Waals surface area contributed by atoms with Crippen molar-refractivity contribution in [3.63, 3.8) is 0 Å². The van der Waals surface area contributed by atoms with Gasteiger partial charge in [0.1, 0.15) is 0 Å². The minimum atomic E-state index is -0.360. The van der Waals surface area contributed by atoms with Gasteiger partial charge in [-0.2, -0.15) is 0 Å². The van der Waals surface area contributed by atoms with Crippen molar-refractivity contribution in [1.29, 1.82) is 0 Å². The van der Waals surface area contributed by atoms with E-state index in [1.54, 1.807) is 6.20 Å². The number of hydrogen-bond acceptors (Lipinski definition) is 5. The SMILES string of the molecule is CCCc1ccc(CNCCC(O)CNCc2ccccn2)nc1. The Bertz CT molecular complexity index is 559. The molecule has 0 aromatic carbocycles. The van der Waals surface area contributed by atoms with E-state index in [1.165, 1.54) is 5.56 Å². The van der Waals surface area contributed by atoms with Gasteiger partial charge in [0.05, 0.1) is 17.5 Å². The highest BCUT2D eigenvalue weighted by atomic mass is 16.3. The molecule has 24 heavy (non-hydrogen) atoms. The molecule has 0 saturated carbocycles. The van der Waals surface area contributed by atoms with Gasteiger partial charge >= 0.3 is 0 Å². The third-order valence-electron chi connectivity index (χ3n) is 3.80. The zero-order chi connectivity index (χ0) is 17.0. The van der Waals surface area contributed by atoms with Crippen LogP contribution in [0.1, 0.15) is 36.7 Å². The van der Waals surface area contributed by atoms with Crippen LogP contribution in [-0.4, -0.2) is 34.3 Å². The molecular formula is C19H28N4O. The molecule has 0 saturated heterocycles. The van der Waals surface area contributed by atoms with E-state index in [1.807, 2.05) is 24.4 Å². The predicted molar refractivity (Wildman–Crippen MR) is 96.5 cm³/mol. The van der Waals surface area contributed by atoms with E-state index in [-0.39, 0.29) is 6.10 Å². The maximum Gasteiger partial charge on any atom is 0.0676 e. The molecule has 130 valence electrons. The van der Waals surface area contributed by atoms with E-state index < -0.39 is 0 Å². The summed E-state index contributed by atoms with van der Waals surface area (Å²) in [7, 11) is 0. The normalized spacial score (nSPS) is 12.2. The molecule has 2 heterocycles. The first-order valence-electron chi connectivity index (χ1n) is 8.71. The summed E-state index contributed by atoms with van der Waals surface area (Å²) in [5.41, 5.74) is 3.31. The molecule has 5 nitrogen and oxygen atoms in total. The quantitative estimate of drug-likeness (QED) is 0.551. The number of nitrogens with one attached hydrogen (secondary N) is 2. The number of rotatable bonds is 11. The van der Waals surface area contributed by atoms with Gasteiger partial charge in [-0.25, -0.2) is 0 Å². The molecule has 0 aliphatic carbocycles. The van der Waals surface area contributed by atoms with Crippen LogP contribution in [0.2, 0.25) is 0 Å². The summed E-state index contributed by atoms with van der Waals surface area (Å²) < 4.78 is 0. The van der Waals surface area contributed by atoms with Crippen LogP contribution in [0.15, 0.2) is 42.7 Å². The minimum absolute atomic E-state index is 0.360. The van der Waals surface area contributed by atoms with Gasteiger partial charge in [0.25, 0.3) is 0 Å². The van der Waals surface area contributed by atoms with Gasteiger partial charge in [-0.15, -0.1) is 0 Å². The zero-order valence-electron chi connectivity index (χ0n) is 14.4. The summed E-state index contributed by atoms with van der Waals surface area (Å²) in [5, 5.41) is 16.5. The maximum atomic E-state index is 9.98. The Kier molecular flexibility index (Phi) is 8.38. The molecule has 2 rings (SSSR count). The molecule has 0 fully saturated rings. The van der Waals surface area contributed by atoms with Crippen LogP contribution in [0.5, 0.6) is 0 Å². The van der Waals surface area contributed by atoms with Gasteiger partial charge in [0.2, 0.25) is 0 Å². The van der Waals surface area contributed by atoms with Gasteiger partial charge in [-0.1, -0.05) is 25.5 Å². The highest BCUT2D eigenvalue weighted by Crippen LogP contribution is 2.03. The molecule has 0 aliphatic heterocycles. The number of pyridine rings is 2. The average molecular weight is 328 g/mol. The van der Waals surface area contributed by atoms with Crippen LogP contribution in [0.4, 0.5) is 0 Å². The predicted octanol–water partition coefficient (Wildman–Crippen LogP) is 2.06. The fourth-order valence-electron chi connectivity index (χ4n) is 2.45. The van der Waals surface area contributed by atoms with E-state index in [2.05, 4.69) is 39.7 Å². The van der Waals surface area contributed by atoms with E-state index in [9.17, 15) is 5.11 Å². The van der Waals surface area contributed by atoms with Crippen LogP contribution < -0.4 is 10.6 Å². The maximum absolute atomic E-state index is 9.98. The van der Waals surface area contributed by atoms with Crippen LogP contribution >= 0.6 is 0 Å². The van der Waals surface area contributed by atoms with E-state index >= 15 is 0 Å². The molecular weight excluding hydrogens is 300 g/mol. The Hall–Kier alpha value is -1.82. The fourth-order valence-corrected chi connectivity index (χ4v) is 2.45. The molecule has 2 aromatic rings. The molecule has 0 spiro atoms. The number of aliphatic hydroxyl groups is 1. The summed E-state index contributed by atoms with van der Waals surface area (Å²) in [5.74, 6) is 0. The lowest BCUT2D eigenvalue weighted by Crippen LogP contribution is -2.29. The average Bonchev–Trinajstić information content (AvgIpc) is 2.61. The minimum Gasteiger partial charge on any atom is -0.392 e. The van der Waals surface area contributed by atoms with Crippen LogP contribution in [0.3, 0.4) is 0 Å². The molecule has 0 radical (unpaired) electrons. The highest BCUT2D eigenvalue weighted by Gasteiger charge is 2.04. The summed E-state index contributed by atoms with van der Waals surface area (Å²) >= 11 is 0. The largest absolute Gasteiger partial charge is 0.392 e. The standard InChI is InChI=1S/C19H28N4O/c1-2-5-16-7-8-18(23-12-16)13-20-11-9-19(24)15-21-14-17-6-3-4-10-22-17/h3-4,6-8,10,12,19-21,24H,2,5,9,11,13-15H2,1H3. The molecule has 0 bridgehead atoms. The Morgan fingerprint density at radius 1 is 1.04 bits per heavy atom. The van der Waals surface area contributed by atoms with Gasteiger partial charge < -0.3 is 15.7 Å². The van der Waals surface area contributed by atoms with Gasteiger partial charge in [-0.3, -0.25) is 9.97 Å². The number of aliphatic hydroxyl groups excluding tert-OH is 1.